The van der Waals surface area contributed by atoms with E-state index in [1.807, 2.05) is 38.1 Å². The van der Waals surface area contributed by atoms with Gasteiger partial charge in [0.2, 0.25) is 0 Å². The van der Waals surface area contributed by atoms with Gasteiger partial charge in [-0.25, -0.2) is 4.98 Å². The van der Waals surface area contributed by atoms with E-state index in [1.54, 1.807) is 0 Å². The third kappa shape index (κ3) is 2.31. The van der Waals surface area contributed by atoms with Crippen LogP contribution in [0, 0.1) is 6.92 Å². The minimum atomic E-state index is 0.0278. The number of aryl methyl sites for hydroxylation is 1. The molecule has 2 rings (SSSR count). The highest BCUT2D eigenvalue weighted by atomic mass is 16.5. The first-order chi connectivity index (χ1) is 7.66. The highest BCUT2D eigenvalue weighted by Crippen LogP contribution is 2.23. The lowest BCUT2D eigenvalue weighted by molar-refractivity contribution is 0.299. The lowest BCUT2D eigenvalue weighted by Gasteiger charge is -2.10. The lowest BCUT2D eigenvalue weighted by Crippen LogP contribution is -2.23. The molecule has 0 saturated carbocycles. The Bertz CT molecular complexity index is 494. The molecule has 0 bridgehead atoms. The molecule has 2 N–H and O–H groups in total. The van der Waals surface area contributed by atoms with Crippen LogP contribution in [0.15, 0.2) is 30.3 Å². The molecule has 16 heavy (non-hydrogen) atoms. The second-order valence-electron chi connectivity index (χ2n) is 4.07. The van der Waals surface area contributed by atoms with Crippen molar-refractivity contribution in [2.45, 2.75) is 19.9 Å². The Hall–Kier alpha value is -1.61. The highest BCUT2D eigenvalue weighted by molar-refractivity contribution is 5.84. The van der Waals surface area contributed by atoms with Gasteiger partial charge in [0.05, 0.1) is 0 Å². The van der Waals surface area contributed by atoms with Gasteiger partial charge in [0, 0.05) is 17.1 Å². The van der Waals surface area contributed by atoms with Gasteiger partial charge in [0.15, 0.2) is 0 Å². The fourth-order valence-corrected chi connectivity index (χ4v) is 1.56. The lowest BCUT2D eigenvalue weighted by atomic mass is 10.2. The molecule has 1 atom stereocenters. The van der Waals surface area contributed by atoms with Gasteiger partial charge in [0.25, 0.3) is 0 Å². The standard InChI is InChI=1S/C13H16N2O/c1-9(14)8-16-12-5-3-4-11-7-6-10(2)15-13(11)12/h3-7,9H,8,14H2,1-2H3/t9-/m0/s1. The molecule has 0 aliphatic carbocycles. The van der Waals surface area contributed by atoms with Gasteiger partial charge in [-0.1, -0.05) is 18.2 Å². The number of nitrogens with two attached hydrogens (primary N) is 1. The van der Waals surface area contributed by atoms with E-state index < -0.39 is 0 Å². The third-order valence-corrected chi connectivity index (χ3v) is 2.32. The summed E-state index contributed by atoms with van der Waals surface area (Å²) < 4.78 is 5.65. The van der Waals surface area contributed by atoms with Crippen molar-refractivity contribution in [2.75, 3.05) is 6.61 Å². The number of para-hydroxylation sites is 1. The van der Waals surface area contributed by atoms with Gasteiger partial charge in [-0.3, -0.25) is 0 Å². The van der Waals surface area contributed by atoms with Crippen molar-refractivity contribution in [3.05, 3.63) is 36.0 Å². The van der Waals surface area contributed by atoms with Crippen LogP contribution in [0.5, 0.6) is 5.75 Å². The van der Waals surface area contributed by atoms with E-state index in [9.17, 15) is 0 Å². The van der Waals surface area contributed by atoms with Crippen molar-refractivity contribution in [1.82, 2.24) is 4.98 Å². The molecule has 3 heteroatoms. The SMILES string of the molecule is Cc1ccc2cccc(OC[C@H](C)N)c2n1. The molecular formula is C13H16N2O. The van der Waals surface area contributed by atoms with Crippen LogP contribution in [0.25, 0.3) is 10.9 Å². The Morgan fingerprint density at radius 3 is 2.88 bits per heavy atom. The first kappa shape index (κ1) is 10.9. The summed E-state index contributed by atoms with van der Waals surface area (Å²) in [6.07, 6.45) is 0. The fraction of sp³-hybridized carbons (Fsp3) is 0.308. The first-order valence-electron chi connectivity index (χ1n) is 5.41. The second kappa shape index (κ2) is 4.49. The Morgan fingerprint density at radius 1 is 1.31 bits per heavy atom. The number of nitrogens with zero attached hydrogens (tertiary/aromatic N) is 1. The van der Waals surface area contributed by atoms with Gasteiger partial charge in [-0.2, -0.15) is 0 Å². The predicted molar refractivity (Wildman–Crippen MR) is 65.6 cm³/mol. The van der Waals surface area contributed by atoms with E-state index in [4.69, 9.17) is 10.5 Å². The number of benzene rings is 1. The molecule has 0 saturated heterocycles. The zero-order valence-corrected chi connectivity index (χ0v) is 9.60. The Morgan fingerprint density at radius 2 is 2.12 bits per heavy atom. The molecule has 3 nitrogen and oxygen atoms in total. The molecule has 0 aliphatic heterocycles. The molecule has 1 heterocycles. The molecule has 0 fully saturated rings. The van der Waals surface area contributed by atoms with Crippen LogP contribution in [0.1, 0.15) is 12.6 Å². The van der Waals surface area contributed by atoms with Gasteiger partial charge in [0.1, 0.15) is 17.9 Å². The minimum Gasteiger partial charge on any atom is -0.490 e. The number of rotatable bonds is 3. The molecule has 0 amide bonds. The maximum absolute atomic E-state index is 5.67. The van der Waals surface area contributed by atoms with Gasteiger partial charge < -0.3 is 10.5 Å². The van der Waals surface area contributed by atoms with Crippen LogP contribution < -0.4 is 10.5 Å². The maximum Gasteiger partial charge on any atom is 0.145 e. The first-order valence-corrected chi connectivity index (χ1v) is 5.41. The number of aromatic nitrogens is 1. The molecule has 0 aliphatic rings. The number of ether oxygens (including phenoxy) is 1. The smallest absolute Gasteiger partial charge is 0.145 e. The van der Waals surface area contributed by atoms with E-state index >= 15 is 0 Å². The molecule has 0 spiro atoms. The van der Waals surface area contributed by atoms with Crippen LogP contribution in [-0.2, 0) is 0 Å². The zero-order valence-electron chi connectivity index (χ0n) is 9.60. The molecule has 1 aromatic carbocycles. The molecular weight excluding hydrogens is 200 g/mol. The number of fused-ring (bicyclic) bond motifs is 1. The summed E-state index contributed by atoms with van der Waals surface area (Å²) in [5, 5.41) is 1.09. The predicted octanol–water partition coefficient (Wildman–Crippen LogP) is 2.27. The average Bonchev–Trinajstić information content (AvgIpc) is 2.26. The van der Waals surface area contributed by atoms with E-state index in [0.29, 0.717) is 6.61 Å². The van der Waals surface area contributed by atoms with Crippen LogP contribution in [-0.4, -0.2) is 17.6 Å². The van der Waals surface area contributed by atoms with E-state index in [1.165, 1.54) is 0 Å². The van der Waals surface area contributed by atoms with Crippen molar-refractivity contribution in [2.24, 2.45) is 5.73 Å². The summed E-state index contributed by atoms with van der Waals surface area (Å²) in [5.41, 5.74) is 7.56. The molecule has 84 valence electrons. The van der Waals surface area contributed by atoms with E-state index in [-0.39, 0.29) is 6.04 Å². The third-order valence-electron chi connectivity index (χ3n) is 2.32. The van der Waals surface area contributed by atoms with Gasteiger partial charge in [-0.15, -0.1) is 0 Å². The number of hydrogen-bond donors (Lipinski definition) is 1. The van der Waals surface area contributed by atoms with Crippen molar-refractivity contribution in [1.29, 1.82) is 0 Å². The summed E-state index contributed by atoms with van der Waals surface area (Å²) >= 11 is 0. The Kier molecular flexibility index (Phi) is 3.06. The Labute approximate surface area is 95.2 Å². The highest BCUT2D eigenvalue weighted by Gasteiger charge is 2.04. The Balaban J connectivity index is 2.40. The largest absolute Gasteiger partial charge is 0.490 e. The second-order valence-corrected chi connectivity index (χ2v) is 4.07. The van der Waals surface area contributed by atoms with Crippen molar-refractivity contribution in [3.8, 4) is 5.75 Å². The van der Waals surface area contributed by atoms with Crippen LogP contribution in [0.2, 0.25) is 0 Å². The van der Waals surface area contributed by atoms with Crippen LogP contribution in [0.3, 0.4) is 0 Å². The summed E-state index contributed by atoms with van der Waals surface area (Å²) in [7, 11) is 0. The van der Waals surface area contributed by atoms with Crippen LogP contribution >= 0.6 is 0 Å². The van der Waals surface area contributed by atoms with Gasteiger partial charge >= 0.3 is 0 Å². The summed E-state index contributed by atoms with van der Waals surface area (Å²) in [5.74, 6) is 0.804. The molecule has 2 aromatic rings. The van der Waals surface area contributed by atoms with Gasteiger partial charge in [-0.05, 0) is 26.0 Å². The van der Waals surface area contributed by atoms with Crippen molar-refractivity contribution < 1.29 is 4.74 Å². The van der Waals surface area contributed by atoms with E-state index in [0.717, 1.165) is 22.3 Å². The van der Waals surface area contributed by atoms with Crippen LogP contribution in [0.4, 0.5) is 0 Å². The monoisotopic (exact) mass is 216 g/mol. The fourth-order valence-electron chi connectivity index (χ4n) is 1.56. The van der Waals surface area contributed by atoms with Crippen molar-refractivity contribution in [3.63, 3.8) is 0 Å². The minimum absolute atomic E-state index is 0.0278. The number of pyridine rings is 1. The molecule has 1 aromatic heterocycles. The zero-order chi connectivity index (χ0) is 11.5. The molecule has 0 radical (unpaired) electrons. The quantitative estimate of drug-likeness (QED) is 0.856. The van der Waals surface area contributed by atoms with E-state index in [2.05, 4.69) is 11.1 Å². The van der Waals surface area contributed by atoms with Crippen molar-refractivity contribution >= 4 is 10.9 Å². The number of hydrogen-bond acceptors (Lipinski definition) is 3. The normalized spacial score (nSPS) is 12.7. The summed E-state index contributed by atoms with van der Waals surface area (Å²) in [6, 6.07) is 10.0. The summed E-state index contributed by atoms with van der Waals surface area (Å²) in [6.45, 7) is 4.40. The summed E-state index contributed by atoms with van der Waals surface area (Å²) in [4.78, 5) is 4.49. The molecule has 0 unspecified atom stereocenters. The average molecular weight is 216 g/mol. The topological polar surface area (TPSA) is 48.1 Å². The maximum atomic E-state index is 5.67.